The molecular weight excluding hydrogens is 424 g/mol. The molecule has 25 heavy (non-hydrogen) atoms. The molecule has 1 N–H and O–H groups in total. The number of para-hydroxylation sites is 1. The van der Waals surface area contributed by atoms with E-state index in [1.807, 2.05) is 0 Å². The Hall–Kier alpha value is -0.700. The zero-order valence-corrected chi connectivity index (χ0v) is 15.5. The normalized spacial score (nSPS) is 25.4. The van der Waals surface area contributed by atoms with Crippen molar-refractivity contribution in [3.05, 3.63) is 29.8 Å². The van der Waals surface area contributed by atoms with Crippen LogP contribution in [-0.4, -0.2) is 39.6 Å². The van der Waals surface area contributed by atoms with Gasteiger partial charge in [0.2, 0.25) is 3.79 Å². The smallest absolute Gasteiger partial charge is 0.442 e. The highest BCUT2D eigenvalue weighted by molar-refractivity contribution is 8.01. The predicted octanol–water partition coefficient (Wildman–Crippen LogP) is 5.10. The lowest BCUT2D eigenvalue weighted by Crippen LogP contribution is -2.46. The Labute approximate surface area is 160 Å². The van der Waals surface area contributed by atoms with E-state index in [2.05, 4.69) is 5.32 Å². The highest BCUT2D eigenvalue weighted by Crippen LogP contribution is 2.59. The summed E-state index contributed by atoms with van der Waals surface area (Å²) in [6.45, 7) is -0.403. The summed E-state index contributed by atoms with van der Waals surface area (Å²) in [5, 5.41) is 2.99. The average molecular weight is 436 g/mol. The Kier molecular flexibility index (Phi) is 4.94. The van der Waals surface area contributed by atoms with Crippen LogP contribution in [0.4, 0.5) is 23.7 Å². The van der Waals surface area contributed by atoms with Gasteiger partial charge in [-0.2, -0.15) is 13.2 Å². The average Bonchev–Trinajstić information content (AvgIpc) is 2.96. The number of benzene rings is 1. The first kappa shape index (κ1) is 19.1. The molecule has 2 atom stereocenters. The maximum atomic E-state index is 13.2. The minimum atomic E-state index is -4.46. The third-order valence-electron chi connectivity index (χ3n) is 4.04. The van der Waals surface area contributed by atoms with Crippen LogP contribution in [0, 0.1) is 0 Å². The monoisotopic (exact) mass is 434 g/mol. The van der Waals surface area contributed by atoms with Gasteiger partial charge in [0.25, 0.3) is 0 Å². The molecule has 2 aliphatic heterocycles. The van der Waals surface area contributed by atoms with Crippen molar-refractivity contribution in [3.63, 3.8) is 0 Å². The number of nitrogens with zero attached hydrogens (tertiary/aromatic N) is 1. The molecule has 2 aliphatic rings. The molecule has 0 aliphatic carbocycles. The van der Waals surface area contributed by atoms with Gasteiger partial charge in [-0.1, -0.05) is 53.0 Å². The number of anilines is 1. The summed E-state index contributed by atoms with van der Waals surface area (Å²) in [5.74, 6) is 0. The number of halogens is 6. The number of amides is 1. The number of ether oxygens (including phenoxy) is 1. The van der Waals surface area contributed by atoms with Crippen LogP contribution in [0.2, 0.25) is 0 Å². The second-order valence-electron chi connectivity index (χ2n) is 5.64. The van der Waals surface area contributed by atoms with Gasteiger partial charge in [0, 0.05) is 12.2 Å². The highest BCUT2D eigenvalue weighted by Gasteiger charge is 2.60. The first-order chi connectivity index (χ1) is 11.5. The van der Waals surface area contributed by atoms with Crippen LogP contribution in [0.3, 0.4) is 0 Å². The third-order valence-corrected chi connectivity index (χ3v) is 5.61. The number of fused-ring (bicyclic) bond motifs is 3. The quantitative estimate of drug-likeness (QED) is 0.656. The van der Waals surface area contributed by atoms with Crippen LogP contribution in [-0.2, 0) is 9.48 Å². The molecule has 4 nitrogen and oxygen atoms in total. The molecule has 1 aromatic rings. The van der Waals surface area contributed by atoms with E-state index in [4.69, 9.17) is 39.5 Å². The fraction of sp³-hybridized carbons (Fsp3) is 0.500. The van der Waals surface area contributed by atoms with Crippen LogP contribution in [0.15, 0.2) is 24.3 Å². The fourth-order valence-electron chi connectivity index (χ4n) is 3.20. The van der Waals surface area contributed by atoms with Gasteiger partial charge < -0.3 is 10.1 Å². The van der Waals surface area contributed by atoms with Gasteiger partial charge in [-0.25, -0.2) is 4.79 Å². The van der Waals surface area contributed by atoms with E-state index < -0.39 is 32.9 Å². The Morgan fingerprint density at radius 1 is 1.36 bits per heavy atom. The number of carbonyl (C=O) groups excluding carboxylic acids is 1. The van der Waals surface area contributed by atoms with E-state index in [0.717, 1.165) is 0 Å². The van der Waals surface area contributed by atoms with E-state index in [-0.39, 0.29) is 24.7 Å². The van der Waals surface area contributed by atoms with Gasteiger partial charge >= 0.3 is 11.6 Å². The van der Waals surface area contributed by atoms with Crippen molar-refractivity contribution in [3.8, 4) is 0 Å². The van der Waals surface area contributed by atoms with Gasteiger partial charge in [-0.3, -0.25) is 4.90 Å². The molecule has 0 radical (unpaired) electrons. The lowest BCUT2D eigenvalue weighted by Gasteiger charge is -2.32. The number of thioether (sulfide) groups is 1. The molecule has 138 valence electrons. The van der Waals surface area contributed by atoms with Crippen molar-refractivity contribution < 1.29 is 22.7 Å². The van der Waals surface area contributed by atoms with Gasteiger partial charge in [-0.05, 0) is 29.8 Å². The van der Waals surface area contributed by atoms with E-state index >= 15 is 0 Å². The third kappa shape index (κ3) is 3.86. The lowest BCUT2D eigenvalue weighted by atomic mass is 9.97. The molecule has 0 bridgehead atoms. The van der Waals surface area contributed by atoms with E-state index in [0.29, 0.717) is 11.3 Å². The van der Waals surface area contributed by atoms with Crippen LogP contribution in [0.1, 0.15) is 12.0 Å². The van der Waals surface area contributed by atoms with Crippen molar-refractivity contribution in [2.75, 3.05) is 18.5 Å². The Balaban J connectivity index is 1.88. The fourth-order valence-corrected chi connectivity index (χ4v) is 4.55. The maximum absolute atomic E-state index is 13.2. The topological polar surface area (TPSA) is 41.6 Å². The van der Waals surface area contributed by atoms with Crippen LogP contribution in [0.5, 0.6) is 0 Å². The number of hydrogen-bond donors (Lipinski definition) is 1. The van der Waals surface area contributed by atoms with Crippen molar-refractivity contribution in [1.29, 1.82) is 0 Å². The van der Waals surface area contributed by atoms with Gasteiger partial charge in [0.1, 0.15) is 12.8 Å². The van der Waals surface area contributed by atoms with E-state index in [1.165, 1.54) is 4.90 Å². The molecule has 1 aromatic carbocycles. The second kappa shape index (κ2) is 6.48. The molecule has 1 amide bonds. The first-order valence-corrected chi connectivity index (χ1v) is 9.10. The summed E-state index contributed by atoms with van der Waals surface area (Å²) in [5.41, 5.74) is -3.39. The van der Waals surface area contributed by atoms with Crippen molar-refractivity contribution in [1.82, 2.24) is 4.90 Å². The lowest BCUT2D eigenvalue weighted by molar-refractivity contribution is -0.0347. The zero-order valence-electron chi connectivity index (χ0n) is 12.4. The van der Waals surface area contributed by atoms with Gasteiger partial charge in [-0.15, -0.1) is 0 Å². The predicted molar refractivity (Wildman–Crippen MR) is 92.1 cm³/mol. The maximum Gasteiger partial charge on any atom is 0.442 e. The molecule has 0 spiro atoms. The molecule has 2 heterocycles. The van der Waals surface area contributed by atoms with Crippen molar-refractivity contribution in [2.45, 2.75) is 26.6 Å². The summed E-state index contributed by atoms with van der Waals surface area (Å²) >= 11 is 16.5. The zero-order chi connectivity index (χ0) is 18.5. The molecular formula is C14H12Cl3F3N2O2S. The summed E-state index contributed by atoms with van der Waals surface area (Å²) in [6, 6.07) is 6.70. The molecule has 1 saturated heterocycles. The Bertz CT molecular complexity index is 686. The summed E-state index contributed by atoms with van der Waals surface area (Å²) in [7, 11) is 0. The molecule has 0 aromatic heterocycles. The number of hydrogen-bond acceptors (Lipinski definition) is 4. The summed E-state index contributed by atoms with van der Waals surface area (Å²) in [6.07, 6.45) is -1.62. The SMILES string of the molecule is O=C(OCC(Cl)(Cl)Cl)N1CC[C@@]2(SC(F)(F)F)c3ccccc3N[C@@H]12. The number of nitrogens with one attached hydrogen (secondary N) is 1. The minimum Gasteiger partial charge on any atom is -0.445 e. The molecule has 0 saturated carbocycles. The van der Waals surface area contributed by atoms with Crippen LogP contribution >= 0.6 is 46.6 Å². The Morgan fingerprint density at radius 2 is 2.04 bits per heavy atom. The molecule has 0 unspecified atom stereocenters. The number of likely N-dealkylation sites (tertiary alicyclic amines) is 1. The Morgan fingerprint density at radius 3 is 2.68 bits per heavy atom. The van der Waals surface area contributed by atoms with Crippen LogP contribution < -0.4 is 5.32 Å². The summed E-state index contributed by atoms with van der Waals surface area (Å²) in [4.78, 5) is 13.5. The summed E-state index contributed by atoms with van der Waals surface area (Å²) < 4.78 is 41.4. The number of carbonyl (C=O) groups is 1. The molecule has 1 fully saturated rings. The van der Waals surface area contributed by atoms with Crippen molar-refractivity contribution >= 4 is 58.3 Å². The van der Waals surface area contributed by atoms with Gasteiger partial charge in [0.15, 0.2) is 0 Å². The standard InChI is InChI=1S/C14H12Cl3F3N2O2S/c15-13(16,17)7-24-11(23)22-6-5-12(25-14(18,19)20)8-3-1-2-4-9(8)21-10(12)22/h1-4,10,21H,5-7H2/t10-,12+/m0/s1. The highest BCUT2D eigenvalue weighted by atomic mass is 35.6. The number of rotatable bonds is 2. The molecule has 11 heteroatoms. The molecule has 3 rings (SSSR count). The van der Waals surface area contributed by atoms with E-state index in [1.54, 1.807) is 24.3 Å². The first-order valence-electron chi connectivity index (χ1n) is 7.15. The van der Waals surface area contributed by atoms with Gasteiger partial charge in [0.05, 0.1) is 4.75 Å². The minimum absolute atomic E-state index is 0.0910. The largest absolute Gasteiger partial charge is 0.445 e. The van der Waals surface area contributed by atoms with Crippen LogP contribution in [0.25, 0.3) is 0 Å². The van der Waals surface area contributed by atoms with E-state index in [9.17, 15) is 18.0 Å². The number of alkyl halides is 6. The van der Waals surface area contributed by atoms with Crippen molar-refractivity contribution in [2.24, 2.45) is 0 Å². The second-order valence-corrected chi connectivity index (χ2v) is 9.55.